The Morgan fingerprint density at radius 3 is 2.62 bits per heavy atom. The van der Waals surface area contributed by atoms with Crippen LogP contribution in [0.15, 0.2) is 18.2 Å². The Labute approximate surface area is 153 Å². The molecule has 3 fully saturated rings. The molecule has 1 aliphatic heterocycles. The third kappa shape index (κ3) is 3.67. The second kappa shape index (κ2) is 7.22. The van der Waals surface area contributed by atoms with E-state index in [0.717, 1.165) is 23.6 Å². The number of aryl methyl sites for hydroxylation is 1. The van der Waals surface area contributed by atoms with Gasteiger partial charge in [-0.25, -0.2) is 0 Å². The van der Waals surface area contributed by atoms with Crippen LogP contribution >= 0.6 is 0 Å². The van der Waals surface area contributed by atoms with Gasteiger partial charge in [-0.3, -0.25) is 14.4 Å². The van der Waals surface area contributed by atoms with Crippen molar-refractivity contribution in [1.29, 1.82) is 0 Å². The fourth-order valence-electron chi connectivity index (χ4n) is 4.76. The van der Waals surface area contributed by atoms with Crippen molar-refractivity contribution >= 4 is 23.3 Å². The highest BCUT2D eigenvalue weighted by molar-refractivity contribution is 6.00. The molecule has 5 rings (SSSR count). The first kappa shape index (κ1) is 17.3. The Kier molecular flexibility index (Phi) is 4.79. The molecule has 1 aromatic rings. The smallest absolute Gasteiger partial charge is 0.224 e. The predicted octanol–water partition coefficient (Wildman–Crippen LogP) is 3.23. The maximum absolute atomic E-state index is 12.5. The molecule has 5 nitrogen and oxygen atoms in total. The molecule has 26 heavy (non-hydrogen) atoms. The highest BCUT2D eigenvalue weighted by Crippen LogP contribution is 2.41. The minimum absolute atomic E-state index is 0.00104. The summed E-state index contributed by atoms with van der Waals surface area (Å²) in [5, 5.41) is 5.99. The molecule has 1 aromatic carbocycles. The zero-order chi connectivity index (χ0) is 18.1. The zero-order valence-electron chi connectivity index (χ0n) is 15.1. The summed E-state index contributed by atoms with van der Waals surface area (Å²) in [7, 11) is 0. The van der Waals surface area contributed by atoms with Gasteiger partial charge in [0.15, 0.2) is 5.78 Å². The summed E-state index contributed by atoms with van der Waals surface area (Å²) in [5.41, 5.74) is 2.42. The van der Waals surface area contributed by atoms with Gasteiger partial charge in [0, 0.05) is 36.6 Å². The van der Waals surface area contributed by atoms with Crippen molar-refractivity contribution < 1.29 is 14.4 Å². The highest BCUT2D eigenvalue weighted by atomic mass is 16.2. The van der Waals surface area contributed by atoms with Crippen LogP contribution in [0.4, 0.5) is 5.69 Å². The quantitative estimate of drug-likeness (QED) is 0.797. The molecule has 3 saturated carbocycles. The number of anilines is 1. The topological polar surface area (TPSA) is 75.3 Å². The van der Waals surface area contributed by atoms with E-state index in [1.165, 1.54) is 25.7 Å². The molecule has 4 aliphatic rings. The molecule has 0 spiro atoms. The summed E-state index contributed by atoms with van der Waals surface area (Å²) in [5.74, 6) is 1.43. The van der Waals surface area contributed by atoms with Gasteiger partial charge in [0.1, 0.15) is 0 Å². The van der Waals surface area contributed by atoms with Crippen LogP contribution in [0.25, 0.3) is 0 Å². The molecule has 2 amide bonds. The number of carbonyl (C=O) groups excluding carboxylic acids is 3. The lowest BCUT2D eigenvalue weighted by molar-refractivity contribution is -0.123. The van der Waals surface area contributed by atoms with Crippen LogP contribution in [-0.4, -0.2) is 23.6 Å². The molecule has 0 aromatic heterocycles. The van der Waals surface area contributed by atoms with Gasteiger partial charge in [0.2, 0.25) is 11.8 Å². The Morgan fingerprint density at radius 1 is 1.08 bits per heavy atom. The van der Waals surface area contributed by atoms with Crippen LogP contribution in [0.1, 0.15) is 67.3 Å². The van der Waals surface area contributed by atoms with E-state index < -0.39 is 0 Å². The van der Waals surface area contributed by atoms with Crippen molar-refractivity contribution in [3.8, 4) is 0 Å². The summed E-state index contributed by atoms with van der Waals surface area (Å²) in [6.07, 6.45) is 7.81. The minimum Gasteiger partial charge on any atom is -0.353 e. The first-order chi connectivity index (χ1) is 12.6. The number of Topliss-reactive ketones (excluding diaryl/α,β-unsaturated/α-hetero) is 1. The van der Waals surface area contributed by atoms with Crippen LogP contribution in [0.2, 0.25) is 0 Å². The minimum atomic E-state index is -0.00925. The van der Waals surface area contributed by atoms with Gasteiger partial charge in [0.25, 0.3) is 0 Å². The van der Waals surface area contributed by atoms with Gasteiger partial charge in [-0.1, -0.05) is 12.8 Å². The summed E-state index contributed by atoms with van der Waals surface area (Å²) in [6, 6.07) is 5.70. The summed E-state index contributed by atoms with van der Waals surface area (Å²) >= 11 is 0. The van der Waals surface area contributed by atoms with Gasteiger partial charge >= 0.3 is 0 Å². The molecule has 5 heteroatoms. The van der Waals surface area contributed by atoms with Crippen molar-refractivity contribution in [2.75, 3.05) is 5.32 Å². The van der Waals surface area contributed by atoms with E-state index in [1.54, 1.807) is 12.1 Å². The number of hydrogen-bond acceptors (Lipinski definition) is 3. The summed E-state index contributed by atoms with van der Waals surface area (Å²) in [6.45, 7) is 0. The lowest BCUT2D eigenvalue weighted by Gasteiger charge is -2.42. The van der Waals surface area contributed by atoms with Gasteiger partial charge in [-0.05, 0) is 61.3 Å². The highest BCUT2D eigenvalue weighted by Gasteiger charge is 2.36. The first-order valence-corrected chi connectivity index (χ1v) is 9.84. The van der Waals surface area contributed by atoms with Crippen LogP contribution in [0.3, 0.4) is 0 Å². The van der Waals surface area contributed by atoms with E-state index in [0.29, 0.717) is 30.4 Å². The van der Waals surface area contributed by atoms with Gasteiger partial charge in [0.05, 0.1) is 0 Å². The van der Waals surface area contributed by atoms with Crippen molar-refractivity contribution in [3.05, 3.63) is 29.3 Å². The lowest BCUT2D eigenvalue weighted by Crippen LogP contribution is -2.47. The van der Waals surface area contributed by atoms with Gasteiger partial charge in [-0.2, -0.15) is 0 Å². The largest absolute Gasteiger partial charge is 0.353 e. The maximum Gasteiger partial charge on any atom is 0.224 e. The lowest BCUT2D eigenvalue weighted by atomic mass is 9.68. The Hall–Kier alpha value is -2.17. The molecule has 3 aliphatic carbocycles. The summed E-state index contributed by atoms with van der Waals surface area (Å²) < 4.78 is 0. The Morgan fingerprint density at radius 2 is 1.88 bits per heavy atom. The number of carbonyl (C=O) groups is 3. The molecule has 2 bridgehead atoms. The fraction of sp³-hybridized carbons (Fsp3) is 0.571. The number of fused-ring (bicyclic) bond motifs is 4. The standard InChI is InChI=1S/C21H26N2O3/c24-19(16-5-7-17-15(12-16)6-9-20(25)22-17)8-10-21(26)23-18-11-13-1-3-14(18)4-2-13/h5,7,12-14,18H,1-4,6,8-11H2,(H,22,25)(H,23,26). The average Bonchev–Trinajstić information content (AvgIpc) is 2.66. The number of amides is 2. The number of rotatable bonds is 5. The second-order valence-electron chi connectivity index (χ2n) is 8.03. The fourth-order valence-corrected chi connectivity index (χ4v) is 4.76. The van der Waals surface area contributed by atoms with Crippen molar-refractivity contribution in [3.63, 3.8) is 0 Å². The first-order valence-electron chi connectivity index (χ1n) is 9.84. The molecular weight excluding hydrogens is 328 g/mol. The third-order valence-electron chi connectivity index (χ3n) is 6.30. The van der Waals surface area contributed by atoms with E-state index in [-0.39, 0.29) is 30.4 Å². The van der Waals surface area contributed by atoms with Crippen LogP contribution in [0, 0.1) is 11.8 Å². The van der Waals surface area contributed by atoms with E-state index in [1.807, 2.05) is 6.07 Å². The maximum atomic E-state index is 12.5. The molecular formula is C21H26N2O3. The zero-order valence-corrected chi connectivity index (χ0v) is 15.1. The van der Waals surface area contributed by atoms with E-state index in [9.17, 15) is 14.4 Å². The van der Waals surface area contributed by atoms with Gasteiger partial charge < -0.3 is 10.6 Å². The van der Waals surface area contributed by atoms with Crippen molar-refractivity contribution in [2.24, 2.45) is 11.8 Å². The van der Waals surface area contributed by atoms with Crippen LogP contribution in [0.5, 0.6) is 0 Å². The number of hydrogen-bond donors (Lipinski definition) is 2. The molecule has 2 N–H and O–H groups in total. The molecule has 1 atom stereocenters. The molecule has 0 saturated heterocycles. The molecule has 1 heterocycles. The van der Waals surface area contributed by atoms with Gasteiger partial charge in [-0.15, -0.1) is 0 Å². The van der Waals surface area contributed by atoms with E-state index >= 15 is 0 Å². The predicted molar refractivity (Wildman–Crippen MR) is 99.0 cm³/mol. The monoisotopic (exact) mass is 354 g/mol. The third-order valence-corrected chi connectivity index (χ3v) is 6.30. The normalized spacial score (nSPS) is 26.8. The SMILES string of the molecule is O=C1CCc2cc(C(=O)CCC(=O)NC3CC4CCC3CC4)ccc2N1. The Bertz CT molecular complexity index is 735. The molecule has 1 unspecified atom stereocenters. The van der Waals surface area contributed by atoms with E-state index in [4.69, 9.17) is 0 Å². The Balaban J connectivity index is 1.30. The van der Waals surface area contributed by atoms with Crippen LogP contribution in [-0.2, 0) is 16.0 Å². The summed E-state index contributed by atoms with van der Waals surface area (Å²) in [4.78, 5) is 36.1. The number of nitrogens with one attached hydrogen (secondary N) is 2. The molecule has 0 radical (unpaired) electrons. The second-order valence-corrected chi connectivity index (χ2v) is 8.03. The number of ketones is 1. The molecule has 138 valence electrons. The van der Waals surface area contributed by atoms with E-state index in [2.05, 4.69) is 10.6 Å². The van der Waals surface area contributed by atoms with Crippen LogP contribution < -0.4 is 10.6 Å². The van der Waals surface area contributed by atoms with Crippen molar-refractivity contribution in [2.45, 2.75) is 63.8 Å². The average molecular weight is 354 g/mol. The van der Waals surface area contributed by atoms with Crippen molar-refractivity contribution in [1.82, 2.24) is 5.32 Å². The number of benzene rings is 1.